The number of carboxylic acids is 1. The van der Waals surface area contributed by atoms with Gasteiger partial charge in [-0.15, -0.1) is 0 Å². The van der Waals surface area contributed by atoms with Crippen molar-refractivity contribution in [3.63, 3.8) is 0 Å². The number of carboxylic acid groups (broad SMARTS) is 1. The van der Waals surface area contributed by atoms with Gasteiger partial charge >= 0.3 is 5.97 Å². The first-order valence-corrected chi connectivity index (χ1v) is 8.21. The lowest BCUT2D eigenvalue weighted by molar-refractivity contribution is 0.0694. The van der Waals surface area contributed by atoms with E-state index >= 15 is 0 Å². The van der Waals surface area contributed by atoms with Crippen LogP contribution in [0.25, 0.3) is 0 Å². The van der Waals surface area contributed by atoms with Crippen LogP contribution in [0.3, 0.4) is 0 Å². The molecular formula is C17H17BrFNO4. The standard InChI is InChI=1S/C17H17BrFNO4/c1-3-14-11(17(22)23)8-15(24-14)16(21)20-9(2)6-10-4-5-13(19)12(18)7-10/h4-5,7-9H,3,6H2,1-2H3,(H,20,21)(H,22,23). The molecule has 0 saturated carbocycles. The van der Waals surface area contributed by atoms with Crippen molar-refractivity contribution in [2.75, 3.05) is 0 Å². The molecule has 0 spiro atoms. The molecule has 1 aromatic heterocycles. The van der Waals surface area contributed by atoms with Crippen LogP contribution in [0.15, 0.2) is 33.2 Å². The second kappa shape index (κ2) is 7.61. The quantitative estimate of drug-likeness (QED) is 0.776. The lowest BCUT2D eigenvalue weighted by Crippen LogP contribution is -2.33. The Bertz CT molecular complexity index is 772. The van der Waals surface area contributed by atoms with Crippen LogP contribution in [-0.2, 0) is 12.8 Å². The number of hydrogen-bond acceptors (Lipinski definition) is 3. The second-order valence-corrected chi connectivity index (χ2v) is 6.29. The summed E-state index contributed by atoms with van der Waals surface area (Å²) in [5, 5.41) is 11.8. The van der Waals surface area contributed by atoms with Crippen molar-refractivity contribution in [2.45, 2.75) is 32.7 Å². The third kappa shape index (κ3) is 4.23. The highest BCUT2D eigenvalue weighted by molar-refractivity contribution is 9.10. The molecule has 1 unspecified atom stereocenters. The minimum atomic E-state index is -1.13. The zero-order valence-corrected chi connectivity index (χ0v) is 14.8. The molecule has 0 bridgehead atoms. The maximum Gasteiger partial charge on any atom is 0.339 e. The van der Waals surface area contributed by atoms with Gasteiger partial charge in [-0.25, -0.2) is 9.18 Å². The number of nitrogens with one attached hydrogen (secondary N) is 1. The predicted octanol–water partition coefficient (Wildman–Crippen LogP) is 3.80. The van der Waals surface area contributed by atoms with Crippen LogP contribution in [-0.4, -0.2) is 23.0 Å². The van der Waals surface area contributed by atoms with Crippen molar-refractivity contribution >= 4 is 27.8 Å². The van der Waals surface area contributed by atoms with Crippen LogP contribution in [0.5, 0.6) is 0 Å². The smallest absolute Gasteiger partial charge is 0.339 e. The summed E-state index contributed by atoms with van der Waals surface area (Å²) in [6, 6.07) is 5.65. The number of carbonyl (C=O) groups excluding carboxylic acids is 1. The van der Waals surface area contributed by atoms with Crippen LogP contribution in [0.2, 0.25) is 0 Å². The summed E-state index contributed by atoms with van der Waals surface area (Å²) in [6.45, 7) is 3.55. The first-order valence-electron chi connectivity index (χ1n) is 7.42. The number of hydrogen-bond donors (Lipinski definition) is 2. The summed E-state index contributed by atoms with van der Waals surface area (Å²) >= 11 is 3.12. The number of benzene rings is 1. The van der Waals surface area contributed by atoms with Gasteiger partial charge < -0.3 is 14.8 Å². The van der Waals surface area contributed by atoms with E-state index in [2.05, 4.69) is 21.2 Å². The minimum Gasteiger partial charge on any atom is -0.478 e. The summed E-state index contributed by atoms with van der Waals surface area (Å²) in [4.78, 5) is 23.3. The molecular weight excluding hydrogens is 381 g/mol. The Morgan fingerprint density at radius 3 is 2.62 bits per heavy atom. The maximum atomic E-state index is 13.2. The predicted molar refractivity (Wildman–Crippen MR) is 89.8 cm³/mol. The normalized spacial score (nSPS) is 12.0. The molecule has 1 atom stereocenters. The first kappa shape index (κ1) is 18.2. The van der Waals surface area contributed by atoms with E-state index in [9.17, 15) is 14.0 Å². The highest BCUT2D eigenvalue weighted by Gasteiger charge is 2.21. The second-order valence-electron chi connectivity index (χ2n) is 5.43. The van der Waals surface area contributed by atoms with Gasteiger partial charge in [0.15, 0.2) is 5.76 Å². The first-order chi connectivity index (χ1) is 11.3. The molecule has 0 fully saturated rings. The van der Waals surface area contributed by atoms with Crippen LogP contribution in [0.4, 0.5) is 4.39 Å². The highest BCUT2D eigenvalue weighted by Crippen LogP contribution is 2.19. The molecule has 24 heavy (non-hydrogen) atoms. The monoisotopic (exact) mass is 397 g/mol. The van der Waals surface area contributed by atoms with Crippen molar-refractivity contribution in [2.24, 2.45) is 0 Å². The fraction of sp³-hybridized carbons (Fsp3) is 0.294. The summed E-state index contributed by atoms with van der Waals surface area (Å²) < 4.78 is 18.9. The van der Waals surface area contributed by atoms with Gasteiger partial charge in [0.1, 0.15) is 17.1 Å². The van der Waals surface area contributed by atoms with Gasteiger partial charge in [0.05, 0.1) is 4.47 Å². The molecule has 1 amide bonds. The van der Waals surface area contributed by atoms with Crippen molar-refractivity contribution in [3.05, 3.63) is 57.2 Å². The average molecular weight is 398 g/mol. The van der Waals surface area contributed by atoms with E-state index in [-0.39, 0.29) is 28.9 Å². The van der Waals surface area contributed by atoms with Crippen LogP contribution in [0.1, 0.15) is 46.1 Å². The topological polar surface area (TPSA) is 79.5 Å². The zero-order valence-electron chi connectivity index (χ0n) is 13.2. The molecule has 7 heteroatoms. The summed E-state index contributed by atoms with van der Waals surface area (Å²) in [5.41, 5.74) is 0.855. The van der Waals surface area contributed by atoms with Crippen molar-refractivity contribution in [3.8, 4) is 0 Å². The van der Waals surface area contributed by atoms with Crippen molar-refractivity contribution in [1.82, 2.24) is 5.32 Å². The van der Waals surface area contributed by atoms with Gasteiger partial charge in [-0.3, -0.25) is 4.79 Å². The van der Waals surface area contributed by atoms with Gasteiger partial charge in [-0.05, 0) is 47.0 Å². The Kier molecular flexibility index (Phi) is 5.77. The van der Waals surface area contributed by atoms with Gasteiger partial charge in [-0.2, -0.15) is 0 Å². The van der Waals surface area contributed by atoms with E-state index in [1.165, 1.54) is 12.1 Å². The number of halogens is 2. The number of carbonyl (C=O) groups is 2. The zero-order chi connectivity index (χ0) is 17.9. The largest absolute Gasteiger partial charge is 0.478 e. The fourth-order valence-corrected chi connectivity index (χ4v) is 2.78. The van der Waals surface area contributed by atoms with E-state index in [1.807, 2.05) is 0 Å². The Morgan fingerprint density at radius 1 is 1.38 bits per heavy atom. The van der Waals surface area contributed by atoms with E-state index < -0.39 is 11.9 Å². The minimum absolute atomic E-state index is 0.00207. The molecule has 0 aliphatic carbocycles. The Labute approximate surface area is 147 Å². The number of amides is 1. The average Bonchev–Trinajstić information content (AvgIpc) is 2.95. The van der Waals surface area contributed by atoms with Gasteiger partial charge in [0.25, 0.3) is 5.91 Å². The SMILES string of the molecule is CCc1oc(C(=O)NC(C)Cc2ccc(F)c(Br)c2)cc1C(=O)O. The van der Waals surface area contributed by atoms with E-state index in [0.717, 1.165) is 5.56 Å². The molecule has 1 aromatic carbocycles. The highest BCUT2D eigenvalue weighted by atomic mass is 79.9. The molecule has 2 N–H and O–H groups in total. The molecule has 1 heterocycles. The summed E-state index contributed by atoms with van der Waals surface area (Å²) in [7, 11) is 0. The molecule has 128 valence electrons. The van der Waals surface area contributed by atoms with Gasteiger partial charge in [0.2, 0.25) is 0 Å². The molecule has 5 nitrogen and oxygen atoms in total. The van der Waals surface area contributed by atoms with Crippen molar-refractivity contribution in [1.29, 1.82) is 0 Å². The molecule has 0 radical (unpaired) electrons. The lowest BCUT2D eigenvalue weighted by Gasteiger charge is -2.13. The fourth-order valence-electron chi connectivity index (χ4n) is 2.35. The van der Waals surface area contributed by atoms with Crippen LogP contribution >= 0.6 is 15.9 Å². The Hall–Kier alpha value is -2.15. The Morgan fingerprint density at radius 2 is 2.08 bits per heavy atom. The van der Waals surface area contributed by atoms with Crippen molar-refractivity contribution < 1.29 is 23.5 Å². The van der Waals surface area contributed by atoms with Crippen LogP contribution in [0, 0.1) is 5.82 Å². The number of furan rings is 1. The van der Waals surface area contributed by atoms with Gasteiger partial charge in [0, 0.05) is 18.5 Å². The lowest BCUT2D eigenvalue weighted by atomic mass is 10.1. The van der Waals surface area contributed by atoms with Gasteiger partial charge in [-0.1, -0.05) is 13.0 Å². The Balaban J connectivity index is 2.05. The third-order valence-electron chi connectivity index (χ3n) is 3.49. The number of aromatic carboxylic acids is 1. The molecule has 0 aliphatic heterocycles. The molecule has 0 aliphatic rings. The van der Waals surface area contributed by atoms with E-state index in [0.29, 0.717) is 17.3 Å². The van der Waals surface area contributed by atoms with Crippen LogP contribution < -0.4 is 5.32 Å². The van der Waals surface area contributed by atoms with E-state index in [1.54, 1.807) is 26.0 Å². The third-order valence-corrected chi connectivity index (χ3v) is 4.10. The molecule has 2 rings (SSSR count). The molecule has 0 saturated heterocycles. The number of aryl methyl sites for hydroxylation is 1. The maximum absolute atomic E-state index is 13.2. The summed E-state index contributed by atoms with van der Waals surface area (Å²) in [5.74, 6) is -1.72. The molecule has 2 aromatic rings. The van der Waals surface area contributed by atoms with E-state index in [4.69, 9.17) is 9.52 Å². The number of rotatable bonds is 6. The summed E-state index contributed by atoms with van der Waals surface area (Å²) in [6.07, 6.45) is 0.881.